The van der Waals surface area contributed by atoms with E-state index in [1.54, 1.807) is 10.4 Å². The van der Waals surface area contributed by atoms with Crippen LogP contribution in [0.5, 0.6) is 0 Å². The minimum absolute atomic E-state index is 0.0726. The van der Waals surface area contributed by atoms with Gasteiger partial charge < -0.3 is 4.52 Å². The molecule has 3 aromatic rings. The van der Waals surface area contributed by atoms with Crippen LogP contribution in [0.25, 0.3) is 11.3 Å². The lowest BCUT2D eigenvalue weighted by Gasteiger charge is -2.26. The molecule has 1 aliphatic rings. The van der Waals surface area contributed by atoms with E-state index in [9.17, 15) is 8.42 Å². The molecule has 1 atom stereocenters. The molecule has 2 aromatic carbocycles. The van der Waals surface area contributed by atoms with Crippen molar-refractivity contribution in [2.24, 2.45) is 0 Å². The van der Waals surface area contributed by atoms with Gasteiger partial charge in [0.15, 0.2) is 5.76 Å². The number of benzene rings is 2. The Kier molecular flexibility index (Phi) is 4.54. The number of sulfonamides is 1. The summed E-state index contributed by atoms with van der Waals surface area (Å²) in [4.78, 5) is 0.331. The zero-order valence-corrected chi connectivity index (χ0v) is 17.3. The third-order valence-electron chi connectivity index (χ3n) is 5.23. The lowest BCUT2D eigenvalue weighted by atomic mass is 10.0. The number of para-hydroxylation sites is 1. The van der Waals surface area contributed by atoms with Crippen LogP contribution in [0.4, 0.5) is 5.69 Å². The van der Waals surface area contributed by atoms with E-state index in [1.165, 1.54) is 0 Å². The van der Waals surface area contributed by atoms with Gasteiger partial charge in [-0.3, -0.25) is 4.31 Å². The smallest absolute Gasteiger partial charge is 0.264 e. The SMILES string of the molecule is Cc1cc(-c2ccc(C(C)C)c(S(=O)(=O)N3c4ccccc4C[C@@H]3C)c2)on1. The summed E-state index contributed by atoms with van der Waals surface area (Å²) >= 11 is 0. The van der Waals surface area contributed by atoms with E-state index in [4.69, 9.17) is 4.52 Å². The molecule has 0 N–H and O–H groups in total. The Hall–Kier alpha value is -2.60. The fourth-order valence-corrected chi connectivity index (χ4v) is 5.97. The summed E-state index contributed by atoms with van der Waals surface area (Å²) in [7, 11) is -3.73. The summed E-state index contributed by atoms with van der Waals surface area (Å²) in [5.41, 5.74) is 4.10. The Labute approximate surface area is 166 Å². The maximum atomic E-state index is 13.8. The number of aryl methyl sites for hydroxylation is 1. The molecule has 0 saturated heterocycles. The Morgan fingerprint density at radius 3 is 2.57 bits per heavy atom. The number of aromatic nitrogens is 1. The molecule has 0 spiro atoms. The van der Waals surface area contributed by atoms with Gasteiger partial charge in [-0.2, -0.15) is 0 Å². The van der Waals surface area contributed by atoms with E-state index in [-0.39, 0.29) is 12.0 Å². The summed E-state index contributed by atoms with van der Waals surface area (Å²) < 4.78 is 34.5. The summed E-state index contributed by atoms with van der Waals surface area (Å²) in [6.45, 7) is 7.81. The molecule has 0 aliphatic carbocycles. The fourth-order valence-electron chi connectivity index (χ4n) is 3.90. The molecule has 6 heteroatoms. The molecular formula is C22H24N2O3S. The second-order valence-electron chi connectivity index (χ2n) is 7.72. The minimum Gasteiger partial charge on any atom is -0.356 e. The first-order chi connectivity index (χ1) is 13.3. The van der Waals surface area contributed by atoms with Crippen LogP contribution in [0.2, 0.25) is 0 Å². The van der Waals surface area contributed by atoms with E-state index < -0.39 is 10.0 Å². The van der Waals surface area contributed by atoms with E-state index in [2.05, 4.69) is 5.16 Å². The van der Waals surface area contributed by atoms with Gasteiger partial charge in [0.05, 0.1) is 16.3 Å². The average Bonchev–Trinajstić information content (AvgIpc) is 3.23. The maximum Gasteiger partial charge on any atom is 0.264 e. The average molecular weight is 397 g/mol. The van der Waals surface area contributed by atoms with E-state index >= 15 is 0 Å². The van der Waals surface area contributed by atoms with Gasteiger partial charge in [-0.1, -0.05) is 49.3 Å². The standard InChI is InChI=1S/C22H24N2O3S/c1-14(2)19-10-9-18(21-11-15(3)23-27-21)13-22(19)28(25,26)24-16(4)12-17-7-5-6-8-20(17)24/h5-11,13-14,16H,12H2,1-4H3/t16-/m0/s1. The third-order valence-corrected chi connectivity index (χ3v) is 7.21. The lowest BCUT2D eigenvalue weighted by molar-refractivity contribution is 0.427. The molecule has 2 heterocycles. The van der Waals surface area contributed by atoms with Crippen LogP contribution in [0, 0.1) is 6.92 Å². The second kappa shape index (κ2) is 6.78. The van der Waals surface area contributed by atoms with Gasteiger partial charge in [-0.25, -0.2) is 8.42 Å². The van der Waals surface area contributed by atoms with Crippen molar-refractivity contribution in [2.75, 3.05) is 4.31 Å². The number of rotatable bonds is 4. The quantitative estimate of drug-likeness (QED) is 0.628. The van der Waals surface area contributed by atoms with Crippen LogP contribution in [-0.4, -0.2) is 19.6 Å². The molecule has 0 fully saturated rings. The summed E-state index contributed by atoms with van der Waals surface area (Å²) in [6, 6.07) is 14.9. The fraction of sp³-hybridized carbons (Fsp3) is 0.318. The Balaban J connectivity index is 1.89. The highest BCUT2D eigenvalue weighted by atomic mass is 32.2. The van der Waals surface area contributed by atoms with Crippen LogP contribution in [0.3, 0.4) is 0 Å². The molecule has 1 aromatic heterocycles. The van der Waals surface area contributed by atoms with Gasteiger partial charge in [0.1, 0.15) is 0 Å². The number of nitrogens with zero attached hydrogens (tertiary/aromatic N) is 2. The Morgan fingerprint density at radius 1 is 1.14 bits per heavy atom. The molecule has 0 amide bonds. The molecular weight excluding hydrogens is 372 g/mol. The molecule has 0 bridgehead atoms. The normalized spacial score (nSPS) is 16.6. The number of anilines is 1. The van der Waals surface area contributed by atoms with Crippen LogP contribution in [-0.2, 0) is 16.4 Å². The van der Waals surface area contributed by atoms with Gasteiger partial charge in [0.25, 0.3) is 10.0 Å². The molecule has 28 heavy (non-hydrogen) atoms. The summed E-state index contributed by atoms with van der Waals surface area (Å²) in [5, 5.41) is 3.93. The largest absolute Gasteiger partial charge is 0.356 e. The molecule has 1 aliphatic heterocycles. The van der Waals surface area contributed by atoms with Gasteiger partial charge in [0, 0.05) is 17.7 Å². The lowest BCUT2D eigenvalue weighted by Crippen LogP contribution is -2.36. The first kappa shape index (κ1) is 18.7. The molecule has 146 valence electrons. The van der Waals surface area contributed by atoms with Crippen molar-refractivity contribution < 1.29 is 12.9 Å². The van der Waals surface area contributed by atoms with Crippen molar-refractivity contribution in [3.05, 3.63) is 65.4 Å². The monoisotopic (exact) mass is 396 g/mol. The first-order valence-corrected chi connectivity index (χ1v) is 10.9. The van der Waals surface area contributed by atoms with Crippen molar-refractivity contribution in [3.8, 4) is 11.3 Å². The van der Waals surface area contributed by atoms with E-state index in [0.29, 0.717) is 22.6 Å². The van der Waals surface area contributed by atoms with Crippen molar-refractivity contribution in [2.45, 2.75) is 51.0 Å². The number of hydrogen-bond donors (Lipinski definition) is 0. The van der Waals surface area contributed by atoms with Crippen molar-refractivity contribution in [1.82, 2.24) is 5.16 Å². The molecule has 5 nitrogen and oxygen atoms in total. The summed E-state index contributed by atoms with van der Waals surface area (Å²) in [5.74, 6) is 0.641. The topological polar surface area (TPSA) is 63.4 Å². The van der Waals surface area contributed by atoms with E-state index in [1.807, 2.05) is 70.2 Å². The van der Waals surface area contributed by atoms with Gasteiger partial charge in [0.2, 0.25) is 0 Å². The van der Waals surface area contributed by atoms with Crippen LogP contribution >= 0.6 is 0 Å². The Bertz CT molecular complexity index is 1130. The van der Waals surface area contributed by atoms with Crippen LogP contribution < -0.4 is 4.31 Å². The Morgan fingerprint density at radius 2 is 1.89 bits per heavy atom. The van der Waals surface area contributed by atoms with E-state index in [0.717, 1.165) is 22.5 Å². The first-order valence-electron chi connectivity index (χ1n) is 9.49. The van der Waals surface area contributed by atoms with Crippen LogP contribution in [0.1, 0.15) is 43.5 Å². The van der Waals surface area contributed by atoms with Crippen LogP contribution in [0.15, 0.2) is 57.9 Å². The highest BCUT2D eigenvalue weighted by molar-refractivity contribution is 7.93. The maximum absolute atomic E-state index is 13.8. The minimum atomic E-state index is -3.73. The predicted molar refractivity (Wildman–Crippen MR) is 110 cm³/mol. The molecule has 4 rings (SSSR count). The van der Waals surface area contributed by atoms with Crippen molar-refractivity contribution in [1.29, 1.82) is 0 Å². The highest BCUT2D eigenvalue weighted by Crippen LogP contribution is 2.39. The number of fused-ring (bicyclic) bond motifs is 1. The third kappa shape index (κ3) is 3.02. The van der Waals surface area contributed by atoms with Crippen molar-refractivity contribution >= 4 is 15.7 Å². The van der Waals surface area contributed by atoms with Gasteiger partial charge in [-0.05, 0) is 49.4 Å². The molecule has 0 radical (unpaired) electrons. The molecule has 0 unspecified atom stereocenters. The zero-order valence-electron chi connectivity index (χ0n) is 16.5. The highest BCUT2D eigenvalue weighted by Gasteiger charge is 2.37. The van der Waals surface area contributed by atoms with Gasteiger partial charge in [-0.15, -0.1) is 0 Å². The number of hydrogen-bond acceptors (Lipinski definition) is 4. The molecule has 0 saturated carbocycles. The summed E-state index contributed by atoms with van der Waals surface area (Å²) in [6.07, 6.45) is 0.716. The van der Waals surface area contributed by atoms with Crippen molar-refractivity contribution in [3.63, 3.8) is 0 Å². The zero-order chi connectivity index (χ0) is 20.1. The predicted octanol–water partition coefficient (Wildman–Crippen LogP) is 4.91. The van der Waals surface area contributed by atoms with Gasteiger partial charge >= 0.3 is 0 Å². The second-order valence-corrected chi connectivity index (χ2v) is 9.51.